The summed E-state index contributed by atoms with van der Waals surface area (Å²) in [5, 5.41) is 0. The largest absolute Gasteiger partial charge is 0.261 e. The Kier molecular flexibility index (Phi) is 4.12. The Morgan fingerprint density at radius 2 is 1.68 bits per heavy atom. The molecule has 1 unspecified atom stereocenters. The Labute approximate surface area is 116 Å². The van der Waals surface area contributed by atoms with E-state index < -0.39 is 0 Å². The number of fused-ring (bicyclic) bond motifs is 3. The second-order valence-electron chi connectivity index (χ2n) is 5.81. The fourth-order valence-electron chi connectivity index (χ4n) is 3.25. The predicted molar refractivity (Wildman–Crippen MR) is 81.8 cm³/mol. The van der Waals surface area contributed by atoms with Gasteiger partial charge in [-0.2, -0.15) is 0 Å². The average molecular weight is 253 g/mol. The normalized spacial score (nSPS) is 23.8. The van der Waals surface area contributed by atoms with Gasteiger partial charge in [0.25, 0.3) is 0 Å². The second-order valence-corrected chi connectivity index (χ2v) is 5.81. The molecule has 1 heteroatoms. The first-order valence-electron chi connectivity index (χ1n) is 7.77. The van der Waals surface area contributed by atoms with E-state index in [-0.39, 0.29) is 0 Å². The van der Waals surface area contributed by atoms with Gasteiger partial charge >= 0.3 is 0 Å². The lowest BCUT2D eigenvalue weighted by atomic mass is 9.89. The summed E-state index contributed by atoms with van der Waals surface area (Å²) in [5.41, 5.74) is 4.10. The van der Waals surface area contributed by atoms with Crippen LogP contribution in [0.2, 0.25) is 0 Å². The van der Waals surface area contributed by atoms with Crippen LogP contribution in [0.15, 0.2) is 41.0 Å². The molecule has 0 N–H and O–H groups in total. The van der Waals surface area contributed by atoms with Crippen molar-refractivity contribution >= 4 is 6.21 Å². The van der Waals surface area contributed by atoms with Crippen LogP contribution in [0.4, 0.5) is 0 Å². The number of nitrogens with zero attached hydrogens (tertiary/aromatic N) is 1. The molecule has 100 valence electrons. The SMILES string of the molecule is C1=NC2=CC(CCCCCCCC2)c2ccccc21. The third kappa shape index (κ3) is 3.15. The Hall–Kier alpha value is -1.37. The maximum atomic E-state index is 4.73. The third-order valence-corrected chi connectivity index (χ3v) is 4.36. The number of aliphatic imine (C=N–C) groups is 1. The van der Waals surface area contributed by atoms with Crippen LogP contribution in [0.25, 0.3) is 0 Å². The molecule has 3 rings (SSSR count). The molecule has 0 amide bonds. The number of hydrogen-bond donors (Lipinski definition) is 0. The summed E-state index contributed by atoms with van der Waals surface area (Å²) >= 11 is 0. The summed E-state index contributed by atoms with van der Waals surface area (Å²) < 4.78 is 0. The van der Waals surface area contributed by atoms with Crippen molar-refractivity contribution in [2.24, 2.45) is 4.99 Å². The van der Waals surface area contributed by atoms with Crippen molar-refractivity contribution in [1.82, 2.24) is 0 Å². The van der Waals surface area contributed by atoms with E-state index in [1.54, 1.807) is 0 Å². The predicted octanol–water partition coefficient (Wildman–Crippen LogP) is 5.22. The van der Waals surface area contributed by atoms with Gasteiger partial charge in [-0.25, -0.2) is 0 Å². The summed E-state index contributed by atoms with van der Waals surface area (Å²) in [6, 6.07) is 8.77. The van der Waals surface area contributed by atoms with Gasteiger partial charge in [0.15, 0.2) is 0 Å². The molecule has 1 atom stereocenters. The first-order valence-corrected chi connectivity index (χ1v) is 7.77. The molecule has 0 spiro atoms. The molecule has 0 fully saturated rings. The Morgan fingerprint density at radius 3 is 2.63 bits per heavy atom. The lowest BCUT2D eigenvalue weighted by Gasteiger charge is -2.14. The van der Waals surface area contributed by atoms with Crippen molar-refractivity contribution in [3.63, 3.8) is 0 Å². The standard InChI is InChI=1S/C18H23N/c1-2-4-6-11-17-13-15(9-5-3-1)18-12-8-7-10-16(18)14-19-17/h7-8,10,12-15H,1-6,9,11H2. The van der Waals surface area contributed by atoms with E-state index in [0.717, 1.165) is 6.42 Å². The van der Waals surface area contributed by atoms with E-state index >= 15 is 0 Å². The maximum Gasteiger partial charge on any atom is 0.0370 e. The summed E-state index contributed by atoms with van der Waals surface area (Å²) in [5.74, 6) is 0.576. The first-order chi connectivity index (χ1) is 9.43. The van der Waals surface area contributed by atoms with Gasteiger partial charge in [-0.1, -0.05) is 62.4 Å². The minimum Gasteiger partial charge on any atom is -0.261 e. The number of hydrogen-bond acceptors (Lipinski definition) is 1. The lowest BCUT2D eigenvalue weighted by molar-refractivity contribution is 0.573. The van der Waals surface area contributed by atoms with Gasteiger partial charge in [0.1, 0.15) is 0 Å². The lowest BCUT2D eigenvalue weighted by Crippen LogP contribution is -1.99. The van der Waals surface area contributed by atoms with Crippen molar-refractivity contribution in [2.45, 2.75) is 57.3 Å². The van der Waals surface area contributed by atoms with E-state index in [2.05, 4.69) is 36.6 Å². The zero-order valence-corrected chi connectivity index (χ0v) is 11.6. The van der Waals surface area contributed by atoms with Crippen LogP contribution in [0.1, 0.15) is 68.4 Å². The van der Waals surface area contributed by atoms with Gasteiger partial charge in [-0.3, -0.25) is 4.99 Å². The smallest absolute Gasteiger partial charge is 0.0370 e. The molecule has 1 aliphatic carbocycles. The summed E-state index contributed by atoms with van der Waals surface area (Å²) in [6.07, 6.45) is 15.2. The number of allylic oxidation sites excluding steroid dienone is 2. The molecule has 1 aromatic carbocycles. The zero-order chi connectivity index (χ0) is 12.9. The molecule has 1 heterocycles. The molecule has 2 bridgehead atoms. The quantitative estimate of drug-likeness (QED) is 0.601. The van der Waals surface area contributed by atoms with Gasteiger partial charge in [-0.05, 0) is 30.4 Å². The van der Waals surface area contributed by atoms with Crippen LogP contribution in [-0.4, -0.2) is 6.21 Å². The van der Waals surface area contributed by atoms with Crippen LogP contribution in [0, 0.1) is 0 Å². The number of rotatable bonds is 0. The molecule has 0 saturated heterocycles. The van der Waals surface area contributed by atoms with Crippen molar-refractivity contribution in [3.05, 3.63) is 47.2 Å². The summed E-state index contributed by atoms with van der Waals surface area (Å²) in [4.78, 5) is 4.73. The Balaban J connectivity index is 1.91. The van der Waals surface area contributed by atoms with Crippen LogP contribution in [0.3, 0.4) is 0 Å². The highest BCUT2D eigenvalue weighted by atomic mass is 14.7. The van der Waals surface area contributed by atoms with Crippen LogP contribution < -0.4 is 0 Å². The molecular formula is C18H23N. The van der Waals surface area contributed by atoms with Crippen molar-refractivity contribution in [3.8, 4) is 0 Å². The minimum absolute atomic E-state index is 0.576. The van der Waals surface area contributed by atoms with Gasteiger partial charge in [-0.15, -0.1) is 0 Å². The summed E-state index contributed by atoms with van der Waals surface area (Å²) in [6.45, 7) is 0. The molecular weight excluding hydrogens is 230 g/mol. The molecule has 1 aliphatic heterocycles. The van der Waals surface area contributed by atoms with Crippen LogP contribution in [-0.2, 0) is 0 Å². The Morgan fingerprint density at radius 1 is 0.895 bits per heavy atom. The van der Waals surface area contributed by atoms with E-state index in [0.29, 0.717) is 5.92 Å². The fourth-order valence-corrected chi connectivity index (χ4v) is 3.25. The van der Waals surface area contributed by atoms with Gasteiger partial charge in [0.2, 0.25) is 0 Å². The first kappa shape index (κ1) is 12.7. The van der Waals surface area contributed by atoms with Crippen molar-refractivity contribution in [1.29, 1.82) is 0 Å². The van der Waals surface area contributed by atoms with E-state index in [1.165, 1.54) is 61.8 Å². The highest BCUT2D eigenvalue weighted by Gasteiger charge is 2.16. The molecule has 2 aliphatic rings. The topological polar surface area (TPSA) is 12.4 Å². The third-order valence-electron chi connectivity index (χ3n) is 4.36. The van der Waals surface area contributed by atoms with Crippen molar-refractivity contribution in [2.75, 3.05) is 0 Å². The molecule has 1 nitrogen and oxygen atoms in total. The van der Waals surface area contributed by atoms with Crippen molar-refractivity contribution < 1.29 is 0 Å². The maximum absolute atomic E-state index is 4.73. The monoisotopic (exact) mass is 253 g/mol. The van der Waals surface area contributed by atoms with Crippen LogP contribution in [0.5, 0.6) is 0 Å². The molecule has 0 radical (unpaired) electrons. The van der Waals surface area contributed by atoms with Gasteiger partial charge < -0.3 is 0 Å². The molecule has 0 saturated carbocycles. The van der Waals surface area contributed by atoms with E-state index in [9.17, 15) is 0 Å². The molecule has 0 aromatic heterocycles. The molecule has 19 heavy (non-hydrogen) atoms. The highest BCUT2D eigenvalue weighted by molar-refractivity contribution is 5.83. The van der Waals surface area contributed by atoms with E-state index in [4.69, 9.17) is 4.99 Å². The fraction of sp³-hybridized carbons (Fsp3) is 0.500. The second kappa shape index (κ2) is 6.18. The zero-order valence-electron chi connectivity index (χ0n) is 11.6. The average Bonchev–Trinajstić information content (AvgIpc) is 2.65. The minimum atomic E-state index is 0.576. The van der Waals surface area contributed by atoms with E-state index in [1.807, 2.05) is 0 Å². The van der Waals surface area contributed by atoms with Gasteiger partial charge in [0, 0.05) is 17.8 Å². The van der Waals surface area contributed by atoms with Gasteiger partial charge in [0.05, 0.1) is 0 Å². The summed E-state index contributed by atoms with van der Waals surface area (Å²) in [7, 11) is 0. The number of benzene rings is 1. The highest BCUT2D eigenvalue weighted by Crippen LogP contribution is 2.31. The molecule has 1 aromatic rings. The Bertz CT molecular complexity index is 484. The van der Waals surface area contributed by atoms with Crippen LogP contribution >= 0.6 is 0 Å².